The molecule has 0 aliphatic rings. The number of likely N-dealkylation sites (N-methyl/N-ethyl adjacent to an activating group) is 1. The van der Waals surface area contributed by atoms with Gasteiger partial charge in [0.1, 0.15) is 5.01 Å². The van der Waals surface area contributed by atoms with Gasteiger partial charge in [0, 0.05) is 40.8 Å². The summed E-state index contributed by atoms with van der Waals surface area (Å²) in [7, 11) is 3.49. The normalized spacial score (nSPS) is 10.6. The summed E-state index contributed by atoms with van der Waals surface area (Å²) in [4.78, 5) is 18.7. The van der Waals surface area contributed by atoms with E-state index in [0.717, 1.165) is 21.3 Å². The molecule has 2 aromatic rings. The van der Waals surface area contributed by atoms with Crippen molar-refractivity contribution in [1.82, 2.24) is 9.88 Å². The zero-order chi connectivity index (χ0) is 15.4. The summed E-state index contributed by atoms with van der Waals surface area (Å²) in [5, 5.41) is 3.46. The quantitative estimate of drug-likeness (QED) is 0.669. The average molecular weight is 342 g/mol. The second-order valence-corrected chi connectivity index (χ2v) is 7.06. The predicted molar refractivity (Wildman–Crippen MR) is 89.9 cm³/mol. The maximum atomic E-state index is 11.6. The fourth-order valence-electron chi connectivity index (χ4n) is 1.59. The summed E-state index contributed by atoms with van der Waals surface area (Å²) < 4.78 is 0. The molecule has 7 heteroatoms. The van der Waals surface area contributed by atoms with Gasteiger partial charge in [-0.1, -0.05) is 11.6 Å². The second kappa shape index (κ2) is 7.15. The number of benzene rings is 1. The fourth-order valence-corrected chi connectivity index (χ4v) is 3.50. The maximum absolute atomic E-state index is 11.6. The van der Waals surface area contributed by atoms with Crippen LogP contribution in [0.2, 0.25) is 5.02 Å². The Morgan fingerprint density at radius 3 is 2.90 bits per heavy atom. The molecule has 4 nitrogen and oxygen atoms in total. The van der Waals surface area contributed by atoms with Gasteiger partial charge in [-0.2, -0.15) is 0 Å². The van der Waals surface area contributed by atoms with Gasteiger partial charge >= 0.3 is 0 Å². The first-order valence-electron chi connectivity index (χ1n) is 6.27. The van der Waals surface area contributed by atoms with E-state index in [1.165, 1.54) is 11.3 Å². The van der Waals surface area contributed by atoms with Crippen molar-refractivity contribution in [1.29, 1.82) is 0 Å². The molecule has 0 spiro atoms. The molecule has 0 saturated heterocycles. The molecule has 0 aliphatic heterocycles. The minimum absolute atomic E-state index is 0.0606. The Morgan fingerprint density at radius 1 is 1.48 bits per heavy atom. The molecular weight excluding hydrogens is 326 g/mol. The summed E-state index contributed by atoms with van der Waals surface area (Å²) in [5.41, 5.74) is 7.55. The number of nitrogen functional groups attached to an aromatic ring is 1. The maximum Gasteiger partial charge on any atom is 0.228 e. The van der Waals surface area contributed by atoms with E-state index in [1.807, 2.05) is 17.5 Å². The number of thioether (sulfide) groups is 1. The number of thiazole rings is 1. The number of halogens is 1. The van der Waals surface area contributed by atoms with E-state index in [-0.39, 0.29) is 5.91 Å². The zero-order valence-corrected chi connectivity index (χ0v) is 14.2. The van der Waals surface area contributed by atoms with E-state index in [4.69, 9.17) is 17.3 Å². The Kier molecular flexibility index (Phi) is 5.50. The number of hydrogen-bond donors (Lipinski definition) is 1. The number of carbonyl (C=O) groups is 1. The largest absolute Gasteiger partial charge is 0.398 e. The van der Waals surface area contributed by atoms with Gasteiger partial charge in [0.25, 0.3) is 0 Å². The van der Waals surface area contributed by atoms with Crippen LogP contribution in [0.25, 0.3) is 0 Å². The number of hydrogen-bond acceptors (Lipinski definition) is 5. The van der Waals surface area contributed by atoms with Crippen molar-refractivity contribution in [2.45, 2.75) is 17.1 Å². The van der Waals surface area contributed by atoms with E-state index in [1.54, 1.807) is 36.8 Å². The number of carbonyl (C=O) groups excluding carboxylic acids is 1. The highest BCUT2D eigenvalue weighted by Crippen LogP contribution is 2.30. The first-order chi connectivity index (χ1) is 9.95. The van der Waals surface area contributed by atoms with Gasteiger partial charge in [-0.25, -0.2) is 4.98 Å². The van der Waals surface area contributed by atoms with Crippen molar-refractivity contribution in [3.05, 3.63) is 39.3 Å². The third-order valence-corrected chi connectivity index (χ3v) is 5.00. The number of nitrogens with two attached hydrogens (primary N) is 1. The van der Waals surface area contributed by atoms with Gasteiger partial charge in [-0.3, -0.25) is 4.79 Å². The van der Waals surface area contributed by atoms with Crippen LogP contribution in [0.4, 0.5) is 5.69 Å². The lowest BCUT2D eigenvalue weighted by Gasteiger charge is -2.07. The molecule has 0 radical (unpaired) electrons. The van der Waals surface area contributed by atoms with E-state index in [0.29, 0.717) is 17.1 Å². The Labute approximate surface area is 137 Å². The SMILES string of the molecule is CN(C)C(=O)Cc1nc(CSc2ccc(Cl)cc2N)cs1. The number of rotatable bonds is 5. The highest BCUT2D eigenvalue weighted by Gasteiger charge is 2.10. The standard InChI is InChI=1S/C14H16ClN3OS2/c1-18(2)14(19)6-13-17-10(8-21-13)7-20-12-4-3-9(15)5-11(12)16/h3-5,8H,6-7,16H2,1-2H3. The van der Waals surface area contributed by atoms with Gasteiger partial charge < -0.3 is 10.6 Å². The van der Waals surface area contributed by atoms with Crippen LogP contribution in [0.15, 0.2) is 28.5 Å². The molecular formula is C14H16ClN3OS2. The smallest absolute Gasteiger partial charge is 0.228 e. The molecule has 0 fully saturated rings. The molecule has 0 aliphatic carbocycles. The number of anilines is 1. The van der Waals surface area contributed by atoms with Crippen molar-refractivity contribution >= 4 is 46.3 Å². The number of nitrogens with zero attached hydrogens (tertiary/aromatic N) is 2. The van der Waals surface area contributed by atoms with E-state index >= 15 is 0 Å². The predicted octanol–water partition coefficient (Wildman–Crippen LogP) is 3.30. The van der Waals surface area contributed by atoms with Crippen LogP contribution in [-0.2, 0) is 17.0 Å². The summed E-state index contributed by atoms with van der Waals surface area (Å²) >= 11 is 9.00. The second-order valence-electron chi connectivity index (χ2n) is 4.67. The van der Waals surface area contributed by atoms with Gasteiger partial charge in [0.15, 0.2) is 0 Å². The van der Waals surface area contributed by atoms with Crippen LogP contribution in [-0.4, -0.2) is 29.9 Å². The lowest BCUT2D eigenvalue weighted by molar-refractivity contribution is -0.127. The molecule has 0 unspecified atom stereocenters. The van der Waals surface area contributed by atoms with E-state index < -0.39 is 0 Å². The monoisotopic (exact) mass is 341 g/mol. The van der Waals surface area contributed by atoms with Crippen LogP contribution in [0.5, 0.6) is 0 Å². The minimum Gasteiger partial charge on any atom is -0.398 e. The molecule has 112 valence electrons. The molecule has 1 amide bonds. The fraction of sp³-hybridized carbons (Fsp3) is 0.286. The van der Waals surface area contributed by atoms with Crippen molar-refractivity contribution < 1.29 is 4.79 Å². The topological polar surface area (TPSA) is 59.2 Å². The van der Waals surface area contributed by atoms with Crippen LogP contribution in [0.3, 0.4) is 0 Å². The van der Waals surface area contributed by atoms with E-state index in [2.05, 4.69) is 4.98 Å². The van der Waals surface area contributed by atoms with E-state index in [9.17, 15) is 4.79 Å². The lowest BCUT2D eigenvalue weighted by atomic mass is 10.3. The summed E-state index contributed by atoms with van der Waals surface area (Å²) in [6.07, 6.45) is 0.353. The Morgan fingerprint density at radius 2 is 2.24 bits per heavy atom. The van der Waals surface area contributed by atoms with Gasteiger partial charge in [-0.15, -0.1) is 23.1 Å². The van der Waals surface area contributed by atoms with Crippen molar-refractivity contribution in [3.8, 4) is 0 Å². The highest BCUT2D eigenvalue weighted by atomic mass is 35.5. The average Bonchev–Trinajstić information content (AvgIpc) is 2.85. The molecule has 1 aromatic carbocycles. The molecule has 2 N–H and O–H groups in total. The summed E-state index contributed by atoms with van der Waals surface area (Å²) in [6, 6.07) is 5.47. The van der Waals surface area contributed by atoms with Gasteiger partial charge in [-0.05, 0) is 18.2 Å². The molecule has 0 bridgehead atoms. The summed E-state index contributed by atoms with van der Waals surface area (Å²) in [6.45, 7) is 0. The van der Waals surface area contributed by atoms with Crippen molar-refractivity contribution in [3.63, 3.8) is 0 Å². The van der Waals surface area contributed by atoms with Crippen LogP contribution >= 0.6 is 34.7 Å². The third kappa shape index (κ3) is 4.62. The number of amides is 1. The summed E-state index contributed by atoms with van der Waals surface area (Å²) in [5.74, 6) is 0.781. The van der Waals surface area contributed by atoms with Gasteiger partial charge in [0.2, 0.25) is 5.91 Å². The molecule has 0 saturated carbocycles. The Bertz CT molecular complexity index is 643. The molecule has 1 aromatic heterocycles. The number of aromatic nitrogens is 1. The first-order valence-corrected chi connectivity index (χ1v) is 8.51. The molecule has 2 rings (SSSR count). The minimum atomic E-state index is 0.0606. The molecule has 1 heterocycles. The third-order valence-electron chi connectivity index (χ3n) is 2.75. The van der Waals surface area contributed by atoms with Crippen LogP contribution in [0, 0.1) is 0 Å². The zero-order valence-electron chi connectivity index (χ0n) is 11.8. The highest BCUT2D eigenvalue weighted by molar-refractivity contribution is 7.98. The lowest BCUT2D eigenvalue weighted by Crippen LogP contribution is -2.23. The van der Waals surface area contributed by atoms with Gasteiger partial charge in [0.05, 0.1) is 12.1 Å². The van der Waals surface area contributed by atoms with Crippen LogP contribution < -0.4 is 5.73 Å². The molecule has 21 heavy (non-hydrogen) atoms. The Hall–Kier alpha value is -1.24. The van der Waals surface area contributed by atoms with Crippen molar-refractivity contribution in [2.75, 3.05) is 19.8 Å². The Balaban J connectivity index is 1.95. The van der Waals surface area contributed by atoms with Crippen molar-refractivity contribution in [2.24, 2.45) is 0 Å². The first kappa shape index (κ1) is 16.1. The van der Waals surface area contributed by atoms with Crippen LogP contribution in [0.1, 0.15) is 10.7 Å². The molecule has 0 atom stereocenters.